The van der Waals surface area contributed by atoms with Gasteiger partial charge in [-0.1, -0.05) is 12.1 Å². The van der Waals surface area contributed by atoms with E-state index in [2.05, 4.69) is 5.32 Å². The summed E-state index contributed by atoms with van der Waals surface area (Å²) >= 11 is 1.56. The Morgan fingerprint density at radius 2 is 2.20 bits per heavy atom. The van der Waals surface area contributed by atoms with Crippen LogP contribution >= 0.6 is 11.3 Å². The topological polar surface area (TPSA) is 49.4 Å². The van der Waals surface area contributed by atoms with E-state index in [0.29, 0.717) is 11.4 Å². The van der Waals surface area contributed by atoms with Crippen molar-refractivity contribution in [3.63, 3.8) is 0 Å². The SMILES string of the molecule is CN(Cc1cccs1)S(=O)(=O)c1ccc2c(c1)NCC2. The summed E-state index contributed by atoms with van der Waals surface area (Å²) in [7, 11) is -1.82. The Morgan fingerprint density at radius 1 is 1.35 bits per heavy atom. The summed E-state index contributed by atoms with van der Waals surface area (Å²) in [6.45, 7) is 1.29. The Bertz CT molecular complexity index is 709. The first kappa shape index (κ1) is 13.6. The second-order valence-electron chi connectivity index (χ2n) is 4.84. The lowest BCUT2D eigenvalue weighted by molar-refractivity contribution is 0.469. The van der Waals surface area contributed by atoms with E-state index in [1.165, 1.54) is 9.87 Å². The Morgan fingerprint density at radius 3 is 2.95 bits per heavy atom. The third-order valence-corrected chi connectivity index (χ3v) is 6.12. The Labute approximate surface area is 123 Å². The summed E-state index contributed by atoms with van der Waals surface area (Å²) in [6.07, 6.45) is 0.959. The number of thiophene rings is 1. The number of fused-ring (bicyclic) bond motifs is 1. The van der Waals surface area contributed by atoms with Crippen LogP contribution in [0.1, 0.15) is 10.4 Å². The molecule has 0 fully saturated rings. The number of nitrogens with one attached hydrogen (secondary N) is 1. The van der Waals surface area contributed by atoms with Gasteiger partial charge in [0.05, 0.1) is 4.90 Å². The van der Waals surface area contributed by atoms with Crippen LogP contribution in [0.25, 0.3) is 0 Å². The van der Waals surface area contributed by atoms with Gasteiger partial charge in [-0.3, -0.25) is 0 Å². The second kappa shape index (κ2) is 5.20. The van der Waals surface area contributed by atoms with Crippen molar-refractivity contribution in [1.82, 2.24) is 4.31 Å². The molecule has 0 aliphatic carbocycles. The average Bonchev–Trinajstić information content (AvgIpc) is 3.07. The molecule has 20 heavy (non-hydrogen) atoms. The van der Waals surface area contributed by atoms with Crippen LogP contribution in [0.3, 0.4) is 0 Å². The minimum absolute atomic E-state index is 0.352. The van der Waals surface area contributed by atoms with Crippen LogP contribution in [0.2, 0.25) is 0 Å². The summed E-state index contributed by atoms with van der Waals surface area (Å²) in [6, 6.07) is 9.22. The quantitative estimate of drug-likeness (QED) is 0.944. The van der Waals surface area contributed by atoms with E-state index in [1.807, 2.05) is 23.6 Å². The monoisotopic (exact) mass is 308 g/mol. The van der Waals surface area contributed by atoms with E-state index in [0.717, 1.165) is 23.5 Å². The minimum Gasteiger partial charge on any atom is -0.384 e. The smallest absolute Gasteiger partial charge is 0.243 e. The van der Waals surface area contributed by atoms with Crippen LogP contribution in [-0.2, 0) is 23.0 Å². The number of benzene rings is 1. The van der Waals surface area contributed by atoms with Gasteiger partial charge in [0.1, 0.15) is 0 Å². The third kappa shape index (κ3) is 2.46. The maximum atomic E-state index is 12.6. The number of hydrogen-bond acceptors (Lipinski definition) is 4. The molecule has 3 rings (SSSR count). The first-order valence-electron chi connectivity index (χ1n) is 6.43. The second-order valence-corrected chi connectivity index (χ2v) is 7.91. The highest BCUT2D eigenvalue weighted by molar-refractivity contribution is 7.89. The Hall–Kier alpha value is -1.37. The van der Waals surface area contributed by atoms with Gasteiger partial charge in [-0.15, -0.1) is 11.3 Å². The highest BCUT2D eigenvalue weighted by atomic mass is 32.2. The van der Waals surface area contributed by atoms with Gasteiger partial charge < -0.3 is 5.32 Å². The fourth-order valence-corrected chi connectivity index (χ4v) is 4.33. The lowest BCUT2D eigenvalue weighted by Crippen LogP contribution is -2.26. The van der Waals surface area contributed by atoms with Crippen LogP contribution < -0.4 is 5.32 Å². The first-order valence-corrected chi connectivity index (χ1v) is 8.75. The third-order valence-electron chi connectivity index (χ3n) is 3.46. The van der Waals surface area contributed by atoms with Crippen molar-refractivity contribution in [2.24, 2.45) is 0 Å². The van der Waals surface area contributed by atoms with Gasteiger partial charge in [0.15, 0.2) is 0 Å². The van der Waals surface area contributed by atoms with Crippen LogP contribution in [0.5, 0.6) is 0 Å². The van der Waals surface area contributed by atoms with E-state index >= 15 is 0 Å². The van der Waals surface area contributed by atoms with E-state index in [4.69, 9.17) is 0 Å². The Balaban J connectivity index is 1.87. The molecule has 106 valence electrons. The Kier molecular flexibility index (Phi) is 3.54. The fraction of sp³-hybridized carbons (Fsp3) is 0.286. The highest BCUT2D eigenvalue weighted by Gasteiger charge is 2.23. The number of hydrogen-bond donors (Lipinski definition) is 1. The van der Waals surface area contributed by atoms with Gasteiger partial charge in [-0.05, 0) is 35.6 Å². The molecule has 1 aliphatic heterocycles. The number of anilines is 1. The first-order chi connectivity index (χ1) is 9.57. The molecule has 2 heterocycles. The van der Waals surface area contributed by atoms with Crippen molar-refractivity contribution in [3.8, 4) is 0 Å². The summed E-state index contributed by atoms with van der Waals surface area (Å²) in [5, 5.41) is 5.17. The van der Waals surface area contributed by atoms with Crippen molar-refractivity contribution >= 4 is 27.0 Å². The molecule has 1 N–H and O–H groups in total. The van der Waals surface area contributed by atoms with Crippen LogP contribution in [-0.4, -0.2) is 26.3 Å². The zero-order chi connectivity index (χ0) is 14.2. The van der Waals surface area contributed by atoms with Crippen molar-refractivity contribution in [2.75, 3.05) is 18.9 Å². The van der Waals surface area contributed by atoms with Crippen molar-refractivity contribution < 1.29 is 8.42 Å². The number of rotatable bonds is 4. The summed E-state index contributed by atoms with van der Waals surface area (Å²) < 4.78 is 26.5. The van der Waals surface area contributed by atoms with Crippen LogP contribution in [0, 0.1) is 0 Å². The van der Waals surface area contributed by atoms with Gasteiger partial charge in [-0.2, -0.15) is 4.31 Å². The summed E-state index contributed by atoms with van der Waals surface area (Å²) in [4.78, 5) is 1.39. The normalized spacial score (nSPS) is 14.3. The van der Waals surface area contributed by atoms with Gasteiger partial charge in [0.2, 0.25) is 10.0 Å². The molecule has 0 spiro atoms. The molecule has 6 heteroatoms. The molecule has 0 radical (unpaired) electrons. The lowest BCUT2D eigenvalue weighted by atomic mass is 10.2. The molecule has 0 atom stereocenters. The molecule has 0 amide bonds. The summed E-state index contributed by atoms with van der Waals surface area (Å²) in [5.74, 6) is 0. The van der Waals surface area contributed by atoms with Crippen molar-refractivity contribution in [3.05, 3.63) is 46.2 Å². The molecule has 0 saturated carbocycles. The van der Waals surface area contributed by atoms with Gasteiger partial charge in [0, 0.05) is 30.7 Å². The molecule has 1 aromatic carbocycles. The molecule has 1 aromatic heterocycles. The standard InChI is InChI=1S/C14H16N2O2S2/c1-16(10-12-3-2-8-19-12)20(17,18)13-5-4-11-6-7-15-14(11)9-13/h2-5,8-9,15H,6-7,10H2,1H3. The number of sulfonamides is 1. The van der Waals surface area contributed by atoms with Gasteiger partial charge in [0.25, 0.3) is 0 Å². The average molecular weight is 308 g/mol. The zero-order valence-corrected chi connectivity index (χ0v) is 12.8. The maximum Gasteiger partial charge on any atom is 0.243 e. The summed E-state index contributed by atoms with van der Waals surface area (Å²) in [5.41, 5.74) is 2.13. The zero-order valence-electron chi connectivity index (χ0n) is 11.2. The largest absolute Gasteiger partial charge is 0.384 e. The molecule has 4 nitrogen and oxygen atoms in total. The molecular weight excluding hydrogens is 292 g/mol. The molecular formula is C14H16N2O2S2. The van der Waals surface area contributed by atoms with Crippen molar-refractivity contribution in [1.29, 1.82) is 0 Å². The molecule has 0 saturated heterocycles. The molecule has 2 aromatic rings. The predicted molar refractivity (Wildman–Crippen MR) is 81.6 cm³/mol. The molecule has 1 aliphatic rings. The maximum absolute atomic E-state index is 12.6. The van der Waals surface area contributed by atoms with Crippen LogP contribution in [0.4, 0.5) is 5.69 Å². The van der Waals surface area contributed by atoms with Crippen LogP contribution in [0.15, 0.2) is 40.6 Å². The van der Waals surface area contributed by atoms with E-state index in [1.54, 1.807) is 30.5 Å². The molecule has 0 bridgehead atoms. The predicted octanol–water partition coefficient (Wildman–Crippen LogP) is 2.54. The fourth-order valence-electron chi connectivity index (χ4n) is 2.32. The highest BCUT2D eigenvalue weighted by Crippen LogP contribution is 2.27. The molecule has 0 unspecified atom stereocenters. The van der Waals surface area contributed by atoms with E-state index < -0.39 is 10.0 Å². The van der Waals surface area contributed by atoms with Gasteiger partial charge >= 0.3 is 0 Å². The number of nitrogens with zero attached hydrogens (tertiary/aromatic N) is 1. The van der Waals surface area contributed by atoms with Gasteiger partial charge in [-0.25, -0.2) is 8.42 Å². The minimum atomic E-state index is -3.44. The van der Waals surface area contributed by atoms with Crippen molar-refractivity contribution in [2.45, 2.75) is 17.9 Å². The lowest BCUT2D eigenvalue weighted by Gasteiger charge is -2.17. The van der Waals surface area contributed by atoms with E-state index in [-0.39, 0.29) is 0 Å². The van der Waals surface area contributed by atoms with E-state index in [9.17, 15) is 8.42 Å².